The molecule has 1 aromatic rings. The van der Waals surface area contributed by atoms with E-state index in [2.05, 4.69) is 6.92 Å². The number of hydrogen-bond acceptors (Lipinski definition) is 2. The Bertz CT molecular complexity index is 528. The maximum absolute atomic E-state index is 13.2. The predicted molar refractivity (Wildman–Crippen MR) is 82.6 cm³/mol. The van der Waals surface area contributed by atoms with Crippen molar-refractivity contribution in [2.45, 2.75) is 44.8 Å². The molecule has 1 saturated heterocycles. The SMILES string of the molecule is CC1CCCCCN1c1ccc(C(N)=S)c(C(F)(F)F)c1. The molecular weight excluding hydrogens is 297 g/mol. The molecule has 0 amide bonds. The molecule has 0 spiro atoms. The van der Waals surface area contributed by atoms with Crippen molar-refractivity contribution in [1.82, 2.24) is 0 Å². The van der Waals surface area contributed by atoms with E-state index >= 15 is 0 Å². The van der Waals surface area contributed by atoms with E-state index < -0.39 is 11.7 Å². The summed E-state index contributed by atoms with van der Waals surface area (Å²) in [6.07, 6.45) is -0.211. The Hall–Kier alpha value is -1.30. The Morgan fingerprint density at radius 1 is 1.29 bits per heavy atom. The molecule has 1 fully saturated rings. The van der Waals surface area contributed by atoms with Crippen LogP contribution in [0.1, 0.15) is 43.7 Å². The third kappa shape index (κ3) is 3.67. The molecule has 2 N–H and O–H groups in total. The summed E-state index contributed by atoms with van der Waals surface area (Å²) in [6, 6.07) is 4.49. The van der Waals surface area contributed by atoms with Crippen LogP contribution >= 0.6 is 12.2 Å². The molecule has 1 heterocycles. The summed E-state index contributed by atoms with van der Waals surface area (Å²) in [5, 5.41) is 0. The van der Waals surface area contributed by atoms with E-state index in [0.29, 0.717) is 5.69 Å². The average Bonchev–Trinajstić information content (AvgIpc) is 2.61. The van der Waals surface area contributed by atoms with Crippen molar-refractivity contribution in [2.75, 3.05) is 11.4 Å². The molecule has 21 heavy (non-hydrogen) atoms. The zero-order valence-electron chi connectivity index (χ0n) is 11.9. The van der Waals surface area contributed by atoms with Gasteiger partial charge in [0.1, 0.15) is 4.99 Å². The van der Waals surface area contributed by atoms with Crippen LogP contribution in [-0.2, 0) is 6.18 Å². The minimum absolute atomic E-state index is 0.108. The van der Waals surface area contributed by atoms with Gasteiger partial charge in [0, 0.05) is 23.8 Å². The maximum atomic E-state index is 13.2. The molecule has 1 aliphatic heterocycles. The minimum atomic E-state index is -4.45. The summed E-state index contributed by atoms with van der Waals surface area (Å²) in [7, 11) is 0. The first-order valence-corrected chi connectivity index (χ1v) is 7.49. The Morgan fingerprint density at radius 3 is 2.62 bits per heavy atom. The van der Waals surface area contributed by atoms with E-state index in [-0.39, 0.29) is 16.6 Å². The molecule has 1 aliphatic rings. The average molecular weight is 316 g/mol. The van der Waals surface area contributed by atoms with Crippen LogP contribution in [0.15, 0.2) is 18.2 Å². The van der Waals surface area contributed by atoms with E-state index in [1.807, 2.05) is 4.90 Å². The third-order valence-corrected chi connectivity index (χ3v) is 4.18. The van der Waals surface area contributed by atoms with Crippen molar-refractivity contribution in [3.05, 3.63) is 29.3 Å². The van der Waals surface area contributed by atoms with Crippen LogP contribution in [0.2, 0.25) is 0 Å². The van der Waals surface area contributed by atoms with Gasteiger partial charge in [0.2, 0.25) is 0 Å². The van der Waals surface area contributed by atoms with Gasteiger partial charge >= 0.3 is 6.18 Å². The third-order valence-electron chi connectivity index (χ3n) is 3.96. The molecule has 0 saturated carbocycles. The smallest absolute Gasteiger partial charge is 0.389 e. The van der Waals surface area contributed by atoms with Gasteiger partial charge in [-0.3, -0.25) is 0 Å². The van der Waals surface area contributed by atoms with Crippen LogP contribution in [0.5, 0.6) is 0 Å². The van der Waals surface area contributed by atoms with Crippen LogP contribution < -0.4 is 10.6 Å². The Labute approximate surface area is 128 Å². The molecule has 6 heteroatoms. The summed E-state index contributed by atoms with van der Waals surface area (Å²) < 4.78 is 39.6. The first-order valence-electron chi connectivity index (χ1n) is 7.08. The first-order chi connectivity index (χ1) is 9.80. The number of halogens is 3. The fraction of sp³-hybridized carbons (Fsp3) is 0.533. The minimum Gasteiger partial charge on any atom is -0.389 e. The largest absolute Gasteiger partial charge is 0.417 e. The van der Waals surface area contributed by atoms with Crippen molar-refractivity contribution in [2.24, 2.45) is 5.73 Å². The monoisotopic (exact) mass is 316 g/mol. The van der Waals surface area contributed by atoms with Crippen LogP contribution in [-0.4, -0.2) is 17.6 Å². The Morgan fingerprint density at radius 2 is 2.00 bits per heavy atom. The summed E-state index contributed by atoms with van der Waals surface area (Å²) in [6.45, 7) is 2.84. The van der Waals surface area contributed by atoms with Crippen LogP contribution in [0.4, 0.5) is 18.9 Å². The van der Waals surface area contributed by atoms with E-state index in [9.17, 15) is 13.2 Å². The van der Waals surface area contributed by atoms with Crippen molar-refractivity contribution >= 4 is 22.9 Å². The standard InChI is InChI=1S/C15H19F3N2S/c1-10-5-3-2-4-8-20(10)11-6-7-12(14(19)21)13(9-11)15(16,17)18/h6-7,9-10H,2-5,8H2,1H3,(H2,19,21). The quantitative estimate of drug-likeness (QED) is 0.833. The van der Waals surface area contributed by atoms with Crippen LogP contribution in [0.25, 0.3) is 0 Å². The van der Waals surface area contributed by atoms with Gasteiger partial charge in [-0.1, -0.05) is 25.1 Å². The highest BCUT2D eigenvalue weighted by atomic mass is 32.1. The highest BCUT2D eigenvalue weighted by Gasteiger charge is 2.35. The molecule has 1 unspecified atom stereocenters. The van der Waals surface area contributed by atoms with Crippen LogP contribution in [0, 0.1) is 0 Å². The molecule has 0 aliphatic carbocycles. The van der Waals surface area contributed by atoms with E-state index in [1.165, 1.54) is 12.1 Å². The van der Waals surface area contributed by atoms with Gasteiger partial charge in [0.05, 0.1) is 5.56 Å². The fourth-order valence-electron chi connectivity index (χ4n) is 2.82. The Kier molecular flexibility index (Phi) is 4.76. The molecule has 0 bridgehead atoms. The van der Waals surface area contributed by atoms with Gasteiger partial charge in [-0.2, -0.15) is 13.2 Å². The molecule has 1 aromatic carbocycles. The zero-order valence-corrected chi connectivity index (χ0v) is 12.7. The lowest BCUT2D eigenvalue weighted by molar-refractivity contribution is -0.137. The number of nitrogens with zero attached hydrogens (tertiary/aromatic N) is 1. The van der Waals surface area contributed by atoms with E-state index in [4.69, 9.17) is 18.0 Å². The molecular formula is C15H19F3N2S. The van der Waals surface area contributed by atoms with Crippen molar-refractivity contribution in [3.63, 3.8) is 0 Å². The van der Waals surface area contributed by atoms with Gasteiger partial charge in [0.15, 0.2) is 0 Å². The van der Waals surface area contributed by atoms with Gasteiger partial charge in [0.25, 0.3) is 0 Å². The van der Waals surface area contributed by atoms with Gasteiger partial charge < -0.3 is 10.6 Å². The normalized spacial score (nSPS) is 20.2. The number of alkyl halides is 3. The lowest BCUT2D eigenvalue weighted by Crippen LogP contribution is -2.33. The molecule has 2 rings (SSSR count). The fourth-order valence-corrected chi connectivity index (χ4v) is 3.00. The zero-order chi connectivity index (χ0) is 15.6. The number of thiocarbonyl (C=S) groups is 1. The van der Waals surface area contributed by atoms with E-state index in [1.54, 1.807) is 6.07 Å². The second kappa shape index (κ2) is 6.22. The predicted octanol–water partition coefficient (Wildman–Crippen LogP) is 4.11. The summed E-state index contributed by atoms with van der Waals surface area (Å²) in [4.78, 5) is 1.82. The van der Waals surface area contributed by atoms with Gasteiger partial charge in [-0.15, -0.1) is 0 Å². The van der Waals surface area contributed by atoms with Gasteiger partial charge in [-0.25, -0.2) is 0 Å². The number of rotatable bonds is 2. The van der Waals surface area contributed by atoms with Crippen molar-refractivity contribution < 1.29 is 13.2 Å². The summed E-state index contributed by atoms with van der Waals surface area (Å²) in [5.74, 6) is 0. The lowest BCUT2D eigenvalue weighted by atomic mass is 10.0. The molecule has 2 nitrogen and oxygen atoms in total. The molecule has 116 valence electrons. The molecule has 0 aromatic heterocycles. The highest BCUT2D eigenvalue weighted by Crippen LogP contribution is 2.35. The highest BCUT2D eigenvalue weighted by molar-refractivity contribution is 7.80. The first kappa shape index (κ1) is 16.1. The Balaban J connectivity index is 2.43. The molecule has 0 radical (unpaired) electrons. The summed E-state index contributed by atoms with van der Waals surface area (Å²) in [5.41, 5.74) is 5.15. The number of anilines is 1. The van der Waals surface area contributed by atoms with E-state index in [0.717, 1.165) is 32.2 Å². The summed E-state index contributed by atoms with van der Waals surface area (Å²) >= 11 is 4.73. The molecule has 1 atom stereocenters. The number of nitrogens with two attached hydrogens (primary N) is 1. The second-order valence-electron chi connectivity index (χ2n) is 5.48. The maximum Gasteiger partial charge on any atom is 0.417 e. The van der Waals surface area contributed by atoms with Gasteiger partial charge in [-0.05, 0) is 38.0 Å². The second-order valence-corrected chi connectivity index (χ2v) is 5.92. The topological polar surface area (TPSA) is 29.3 Å². The van der Waals surface area contributed by atoms with Crippen molar-refractivity contribution in [1.29, 1.82) is 0 Å². The number of benzene rings is 1. The number of hydrogen-bond donors (Lipinski definition) is 1. The lowest BCUT2D eigenvalue weighted by Gasteiger charge is -2.30. The van der Waals surface area contributed by atoms with Crippen LogP contribution in [0.3, 0.4) is 0 Å². The van der Waals surface area contributed by atoms with Crippen molar-refractivity contribution in [3.8, 4) is 0 Å².